The van der Waals surface area contributed by atoms with E-state index in [4.69, 9.17) is 0 Å². The van der Waals surface area contributed by atoms with E-state index in [0.29, 0.717) is 5.69 Å². The molecule has 0 unspecified atom stereocenters. The summed E-state index contributed by atoms with van der Waals surface area (Å²) in [5.74, 6) is -1.34. The highest BCUT2D eigenvalue weighted by Gasteiger charge is 2.17. The largest absolute Gasteiger partial charge is 0.488 e. The van der Waals surface area contributed by atoms with E-state index >= 15 is 0 Å². The number of aromatic carboxylic acids is 1. The van der Waals surface area contributed by atoms with Gasteiger partial charge in [-0.1, -0.05) is 12.1 Å². The second-order valence-electron chi connectivity index (χ2n) is 4.89. The van der Waals surface area contributed by atoms with Crippen molar-refractivity contribution in [1.29, 1.82) is 0 Å². The molecule has 0 amide bonds. The number of nitrogens with zero attached hydrogens (tertiary/aromatic N) is 2. The number of hydrogen-bond donors (Lipinski definition) is 3. The molecule has 0 aliphatic heterocycles. The lowest BCUT2D eigenvalue weighted by Gasteiger charge is -2.12. The molecule has 2 aromatic heterocycles. The summed E-state index contributed by atoms with van der Waals surface area (Å²) in [6, 6.07) is 9.29. The van der Waals surface area contributed by atoms with Gasteiger partial charge < -0.3 is 19.7 Å². The predicted octanol–water partition coefficient (Wildman–Crippen LogP) is -0.236. The van der Waals surface area contributed by atoms with Gasteiger partial charge in [0.1, 0.15) is 11.2 Å². The molecule has 3 aromatic rings. The Balaban J connectivity index is 2.37. The molecule has 0 aliphatic rings. The van der Waals surface area contributed by atoms with Gasteiger partial charge in [-0.05, 0) is 29.7 Å². The zero-order valence-electron chi connectivity index (χ0n) is 11.7. The van der Waals surface area contributed by atoms with Crippen LogP contribution in [0.2, 0.25) is 0 Å². The number of benzene rings is 1. The number of aromatic nitrogens is 2. The molecule has 0 spiro atoms. The maximum absolute atomic E-state index is 12.2. The standard InChI is InChI=1S/C15H11BN2O5/c19-13-11-5-2-6-17-14(11)18(8-12(13)15(20)21)10-4-1-3-9(7-10)16(22)23/h1-8,22-23H,(H,20,21). The first kappa shape index (κ1) is 15.0. The summed E-state index contributed by atoms with van der Waals surface area (Å²) >= 11 is 0. The van der Waals surface area contributed by atoms with E-state index in [0.717, 1.165) is 0 Å². The third-order valence-electron chi connectivity index (χ3n) is 3.44. The van der Waals surface area contributed by atoms with Crippen LogP contribution in [-0.2, 0) is 0 Å². The Hall–Kier alpha value is -2.97. The number of carboxylic acids is 1. The molecule has 1 aromatic carbocycles. The molecule has 114 valence electrons. The molecule has 7 nitrogen and oxygen atoms in total. The minimum Gasteiger partial charge on any atom is -0.477 e. The molecule has 0 atom stereocenters. The number of carboxylic acid groups (broad SMARTS) is 1. The smallest absolute Gasteiger partial charge is 0.477 e. The van der Waals surface area contributed by atoms with Crippen molar-refractivity contribution >= 4 is 29.6 Å². The molecule has 2 heterocycles. The van der Waals surface area contributed by atoms with Crippen LogP contribution in [0.4, 0.5) is 0 Å². The van der Waals surface area contributed by atoms with Gasteiger partial charge in [0.05, 0.1) is 5.39 Å². The van der Waals surface area contributed by atoms with Crippen LogP contribution < -0.4 is 10.9 Å². The van der Waals surface area contributed by atoms with Crippen molar-refractivity contribution < 1.29 is 19.9 Å². The van der Waals surface area contributed by atoms with Gasteiger partial charge in [0.15, 0.2) is 0 Å². The molecule has 3 rings (SSSR count). The summed E-state index contributed by atoms with van der Waals surface area (Å²) in [7, 11) is -1.66. The van der Waals surface area contributed by atoms with E-state index in [1.807, 2.05) is 0 Å². The Morgan fingerprint density at radius 2 is 1.96 bits per heavy atom. The molecule has 0 saturated heterocycles. The second-order valence-corrected chi connectivity index (χ2v) is 4.89. The quantitative estimate of drug-likeness (QED) is 0.576. The average Bonchev–Trinajstić information content (AvgIpc) is 2.55. The van der Waals surface area contributed by atoms with Gasteiger partial charge in [0, 0.05) is 18.1 Å². The normalized spacial score (nSPS) is 10.7. The first-order valence-corrected chi connectivity index (χ1v) is 6.69. The van der Waals surface area contributed by atoms with Gasteiger partial charge in [-0.15, -0.1) is 0 Å². The molecule has 0 saturated carbocycles. The predicted molar refractivity (Wildman–Crippen MR) is 84.1 cm³/mol. The van der Waals surface area contributed by atoms with Gasteiger partial charge in [-0.3, -0.25) is 4.79 Å². The molecule has 0 fully saturated rings. The summed E-state index contributed by atoms with van der Waals surface area (Å²) in [5, 5.41) is 28.0. The van der Waals surface area contributed by atoms with Crippen molar-refractivity contribution in [1.82, 2.24) is 9.55 Å². The van der Waals surface area contributed by atoms with Crippen LogP contribution in [0.3, 0.4) is 0 Å². The first-order chi connectivity index (χ1) is 11.0. The van der Waals surface area contributed by atoms with E-state index in [1.54, 1.807) is 18.2 Å². The zero-order valence-corrected chi connectivity index (χ0v) is 11.7. The Morgan fingerprint density at radius 3 is 2.65 bits per heavy atom. The molecule has 0 bridgehead atoms. The maximum atomic E-state index is 12.2. The molecule has 0 aliphatic carbocycles. The highest BCUT2D eigenvalue weighted by Crippen LogP contribution is 2.15. The SMILES string of the molecule is O=C(O)c1cn(-c2cccc(B(O)O)c2)c2ncccc2c1=O. The average molecular weight is 310 g/mol. The maximum Gasteiger partial charge on any atom is 0.488 e. The van der Waals surface area contributed by atoms with Crippen LogP contribution in [-0.4, -0.2) is 37.8 Å². The lowest BCUT2D eigenvalue weighted by molar-refractivity contribution is 0.0695. The van der Waals surface area contributed by atoms with Gasteiger partial charge >= 0.3 is 13.1 Å². The van der Waals surface area contributed by atoms with Crippen LogP contribution in [0, 0.1) is 0 Å². The highest BCUT2D eigenvalue weighted by molar-refractivity contribution is 6.58. The van der Waals surface area contributed by atoms with Crippen molar-refractivity contribution in [3.63, 3.8) is 0 Å². The Labute approximate surface area is 130 Å². The van der Waals surface area contributed by atoms with E-state index in [1.165, 1.54) is 35.2 Å². The Kier molecular flexibility index (Phi) is 3.69. The van der Waals surface area contributed by atoms with Crippen molar-refractivity contribution in [3.8, 4) is 5.69 Å². The fourth-order valence-corrected chi connectivity index (χ4v) is 2.34. The van der Waals surface area contributed by atoms with Gasteiger partial charge in [-0.2, -0.15) is 0 Å². The fraction of sp³-hybridized carbons (Fsp3) is 0. The van der Waals surface area contributed by atoms with Crippen molar-refractivity contribution in [2.24, 2.45) is 0 Å². The summed E-state index contributed by atoms with van der Waals surface area (Å²) in [6.07, 6.45) is 2.67. The van der Waals surface area contributed by atoms with Gasteiger partial charge in [0.2, 0.25) is 5.43 Å². The topological polar surface area (TPSA) is 113 Å². The molecule has 8 heteroatoms. The summed E-state index contributed by atoms with van der Waals surface area (Å²) in [5.41, 5.74) is -0.0216. The third kappa shape index (κ3) is 2.61. The molecule has 3 N–H and O–H groups in total. The van der Waals surface area contributed by atoms with Crippen molar-refractivity contribution in [3.05, 3.63) is 64.6 Å². The summed E-state index contributed by atoms with van der Waals surface area (Å²) in [6.45, 7) is 0. The van der Waals surface area contributed by atoms with Crippen molar-refractivity contribution in [2.75, 3.05) is 0 Å². The number of rotatable bonds is 3. The summed E-state index contributed by atoms with van der Waals surface area (Å²) < 4.78 is 1.44. The van der Waals surface area contributed by atoms with Crippen LogP contribution in [0.5, 0.6) is 0 Å². The van der Waals surface area contributed by atoms with Gasteiger partial charge in [-0.25, -0.2) is 9.78 Å². The van der Waals surface area contributed by atoms with E-state index in [2.05, 4.69) is 4.98 Å². The molecule has 23 heavy (non-hydrogen) atoms. The molecular formula is C15H11BN2O5. The number of fused-ring (bicyclic) bond motifs is 1. The number of carbonyl (C=O) groups is 1. The second kappa shape index (κ2) is 5.67. The Bertz CT molecular complexity index is 967. The fourth-order valence-electron chi connectivity index (χ4n) is 2.34. The lowest BCUT2D eigenvalue weighted by atomic mass is 9.80. The van der Waals surface area contributed by atoms with Crippen molar-refractivity contribution in [2.45, 2.75) is 0 Å². The third-order valence-corrected chi connectivity index (χ3v) is 3.44. The Morgan fingerprint density at radius 1 is 1.17 bits per heavy atom. The van der Waals surface area contributed by atoms with E-state index < -0.39 is 18.5 Å². The number of pyridine rings is 2. The monoisotopic (exact) mass is 310 g/mol. The molecular weight excluding hydrogens is 299 g/mol. The first-order valence-electron chi connectivity index (χ1n) is 6.69. The van der Waals surface area contributed by atoms with E-state index in [-0.39, 0.29) is 22.1 Å². The zero-order chi connectivity index (χ0) is 16.6. The van der Waals surface area contributed by atoms with Crippen LogP contribution in [0.25, 0.3) is 16.7 Å². The van der Waals surface area contributed by atoms with E-state index in [9.17, 15) is 24.7 Å². The molecule has 0 radical (unpaired) electrons. The summed E-state index contributed by atoms with van der Waals surface area (Å²) in [4.78, 5) is 27.7. The minimum absolute atomic E-state index is 0.169. The minimum atomic E-state index is -1.66. The van der Waals surface area contributed by atoms with Crippen LogP contribution >= 0.6 is 0 Å². The lowest BCUT2D eigenvalue weighted by Crippen LogP contribution is -2.30. The number of hydrogen-bond acceptors (Lipinski definition) is 5. The van der Waals surface area contributed by atoms with Gasteiger partial charge in [0.25, 0.3) is 0 Å². The highest BCUT2D eigenvalue weighted by atomic mass is 16.4. The van der Waals surface area contributed by atoms with Crippen LogP contribution in [0.1, 0.15) is 10.4 Å². The van der Waals surface area contributed by atoms with Crippen LogP contribution in [0.15, 0.2) is 53.6 Å².